The Bertz CT molecular complexity index is 1110. The lowest BCUT2D eigenvalue weighted by Gasteiger charge is -2.43. The molecule has 0 radical (unpaired) electrons. The van der Waals surface area contributed by atoms with Crippen LogP contribution in [-0.4, -0.2) is 39.9 Å². The fourth-order valence-corrected chi connectivity index (χ4v) is 4.11. The van der Waals surface area contributed by atoms with Gasteiger partial charge < -0.3 is 14.9 Å². The summed E-state index contributed by atoms with van der Waals surface area (Å²) in [5.41, 5.74) is 1.41. The van der Waals surface area contributed by atoms with Crippen molar-refractivity contribution in [3.05, 3.63) is 94.3 Å². The van der Waals surface area contributed by atoms with E-state index in [4.69, 9.17) is 5.11 Å². The number of carbonyl (C=O) groups excluding carboxylic acids is 1. The summed E-state index contributed by atoms with van der Waals surface area (Å²) < 4.78 is 40.7. The highest BCUT2D eigenvalue weighted by Gasteiger charge is 2.40. The molecule has 2 aromatic carbocycles. The van der Waals surface area contributed by atoms with Crippen molar-refractivity contribution in [2.45, 2.75) is 52.9 Å². The lowest BCUT2D eigenvalue weighted by atomic mass is 9.97. The second kappa shape index (κ2) is 11.7. The summed E-state index contributed by atoms with van der Waals surface area (Å²) in [6.45, 7) is 7.34. The summed E-state index contributed by atoms with van der Waals surface area (Å²) in [6, 6.07) is 10.8. The maximum atomic E-state index is 13.6. The normalized spacial score (nSPS) is 18.5. The van der Waals surface area contributed by atoms with Gasteiger partial charge in [-0.2, -0.15) is 13.2 Å². The molecule has 1 atom stereocenters. The standard InChI is InChI=1S/C25H25F3N2O3.C2H6/c1-4-20-21(5-2)30(15-18-8-6-7-9-19(18)25(26,27)28)23(31)22(29(20)3)14-16-10-12-17(13-11-16)24(32)33;1-2/h4-13,22H,14-15H2,1-3H3,(H,32,33);1-2H3/b20-4+,21-5+;. The molecule has 1 amide bonds. The first-order chi connectivity index (χ1) is 16.6. The zero-order valence-electron chi connectivity index (χ0n) is 20.6. The van der Waals surface area contributed by atoms with E-state index >= 15 is 0 Å². The molecule has 1 saturated heterocycles. The average molecular weight is 489 g/mol. The molecule has 35 heavy (non-hydrogen) atoms. The molecule has 0 spiro atoms. The van der Waals surface area contributed by atoms with E-state index in [0.29, 0.717) is 5.70 Å². The van der Waals surface area contributed by atoms with Gasteiger partial charge in [0, 0.05) is 13.5 Å². The molecular formula is C27H31F3N2O3. The van der Waals surface area contributed by atoms with Crippen LogP contribution in [-0.2, 0) is 23.9 Å². The topological polar surface area (TPSA) is 60.9 Å². The molecule has 0 aromatic heterocycles. The fourth-order valence-electron chi connectivity index (χ4n) is 4.11. The summed E-state index contributed by atoms with van der Waals surface area (Å²) in [5, 5.41) is 9.10. The third kappa shape index (κ3) is 6.12. The number of likely N-dealkylation sites (N-methyl/N-ethyl adjacent to an activating group) is 1. The Balaban J connectivity index is 0.00000210. The number of benzene rings is 2. The quantitative estimate of drug-likeness (QED) is 0.551. The summed E-state index contributed by atoms with van der Waals surface area (Å²) in [5.74, 6) is -1.37. The average Bonchev–Trinajstić information content (AvgIpc) is 2.84. The molecule has 2 aromatic rings. The van der Waals surface area contributed by atoms with Crippen molar-refractivity contribution in [3.8, 4) is 0 Å². The first kappa shape index (κ1) is 27.7. The number of allylic oxidation sites excluding steroid dienone is 2. The lowest BCUT2D eigenvalue weighted by molar-refractivity contribution is -0.141. The van der Waals surface area contributed by atoms with Crippen LogP contribution in [0.2, 0.25) is 0 Å². The van der Waals surface area contributed by atoms with Crippen molar-refractivity contribution in [1.82, 2.24) is 9.80 Å². The van der Waals surface area contributed by atoms with Crippen LogP contribution < -0.4 is 0 Å². The van der Waals surface area contributed by atoms with Crippen LogP contribution in [0.5, 0.6) is 0 Å². The Kier molecular flexibility index (Phi) is 9.28. The van der Waals surface area contributed by atoms with Gasteiger partial charge in [-0.1, -0.05) is 56.3 Å². The predicted octanol–water partition coefficient (Wildman–Crippen LogP) is 6.12. The molecule has 8 heteroatoms. The predicted molar refractivity (Wildman–Crippen MR) is 130 cm³/mol. The molecule has 1 unspecified atom stereocenters. The molecule has 1 heterocycles. The number of halogens is 3. The maximum absolute atomic E-state index is 13.6. The molecule has 0 saturated carbocycles. The van der Waals surface area contributed by atoms with E-state index in [1.807, 2.05) is 31.7 Å². The second-order valence-corrected chi connectivity index (χ2v) is 7.76. The number of hydrogen-bond donors (Lipinski definition) is 1. The van der Waals surface area contributed by atoms with Gasteiger partial charge in [0.05, 0.1) is 29.1 Å². The summed E-state index contributed by atoms with van der Waals surface area (Å²) in [7, 11) is 1.77. The number of carboxylic acids is 1. The van der Waals surface area contributed by atoms with Crippen molar-refractivity contribution in [2.24, 2.45) is 0 Å². The number of nitrogens with zero attached hydrogens (tertiary/aromatic N) is 2. The molecule has 1 N–H and O–H groups in total. The van der Waals surface area contributed by atoms with E-state index in [1.165, 1.54) is 35.2 Å². The van der Waals surface area contributed by atoms with E-state index in [9.17, 15) is 22.8 Å². The minimum atomic E-state index is -4.53. The SMILES string of the molecule is C/C=C1\C(=C/C)N(C)C(Cc2ccc(C(=O)O)cc2)C(=O)N1Cc1ccccc1C(F)(F)F.CC. The molecule has 0 aliphatic carbocycles. The largest absolute Gasteiger partial charge is 0.478 e. The molecule has 5 nitrogen and oxygen atoms in total. The summed E-state index contributed by atoms with van der Waals surface area (Å²) in [6.07, 6.45) is -0.708. The Morgan fingerprint density at radius 3 is 2.09 bits per heavy atom. The molecule has 0 bridgehead atoms. The van der Waals surface area contributed by atoms with Gasteiger partial charge in [-0.15, -0.1) is 0 Å². The van der Waals surface area contributed by atoms with Crippen LogP contribution >= 0.6 is 0 Å². The van der Waals surface area contributed by atoms with Crippen LogP contribution in [0.15, 0.2) is 72.1 Å². The second-order valence-electron chi connectivity index (χ2n) is 7.76. The summed E-state index contributed by atoms with van der Waals surface area (Å²) >= 11 is 0. The molecule has 3 rings (SSSR count). The van der Waals surface area contributed by atoms with Crippen LogP contribution in [0.4, 0.5) is 13.2 Å². The Morgan fingerprint density at radius 1 is 1.00 bits per heavy atom. The third-order valence-electron chi connectivity index (χ3n) is 5.78. The van der Waals surface area contributed by atoms with Crippen molar-refractivity contribution in [2.75, 3.05) is 7.05 Å². The van der Waals surface area contributed by atoms with Crippen LogP contribution in [0.25, 0.3) is 0 Å². The Hall–Kier alpha value is -3.55. The van der Waals surface area contributed by atoms with Gasteiger partial charge in [-0.05, 0) is 43.2 Å². The number of rotatable bonds is 5. The number of carbonyl (C=O) groups is 2. The molecule has 1 aliphatic rings. The van der Waals surface area contributed by atoms with Gasteiger partial charge in [-0.3, -0.25) is 4.79 Å². The van der Waals surface area contributed by atoms with E-state index in [1.54, 1.807) is 32.2 Å². The van der Waals surface area contributed by atoms with Gasteiger partial charge in [0.25, 0.3) is 0 Å². The van der Waals surface area contributed by atoms with Crippen molar-refractivity contribution < 1.29 is 27.9 Å². The van der Waals surface area contributed by atoms with Gasteiger partial charge in [-0.25, -0.2) is 4.79 Å². The van der Waals surface area contributed by atoms with Crippen molar-refractivity contribution in [3.63, 3.8) is 0 Å². The van der Waals surface area contributed by atoms with Crippen molar-refractivity contribution >= 4 is 11.9 Å². The zero-order chi connectivity index (χ0) is 26.3. The number of hydrogen-bond acceptors (Lipinski definition) is 3. The molecule has 188 valence electrons. The number of alkyl halides is 3. The fraction of sp³-hybridized carbons (Fsp3) is 0.333. The minimum absolute atomic E-state index is 0.0160. The number of aromatic carboxylic acids is 1. The first-order valence-electron chi connectivity index (χ1n) is 11.4. The monoisotopic (exact) mass is 488 g/mol. The summed E-state index contributed by atoms with van der Waals surface area (Å²) in [4.78, 5) is 27.9. The van der Waals surface area contributed by atoms with Crippen LogP contribution in [0, 0.1) is 0 Å². The van der Waals surface area contributed by atoms with E-state index in [-0.39, 0.29) is 30.0 Å². The Morgan fingerprint density at radius 2 is 1.57 bits per heavy atom. The van der Waals surface area contributed by atoms with Gasteiger partial charge >= 0.3 is 12.1 Å². The molecular weight excluding hydrogens is 457 g/mol. The highest BCUT2D eigenvalue weighted by atomic mass is 19.4. The smallest absolute Gasteiger partial charge is 0.416 e. The lowest BCUT2D eigenvalue weighted by Crippen LogP contribution is -2.53. The number of amides is 1. The number of carboxylic acid groups (broad SMARTS) is 1. The first-order valence-corrected chi connectivity index (χ1v) is 11.4. The van der Waals surface area contributed by atoms with Gasteiger partial charge in [0.15, 0.2) is 0 Å². The van der Waals surface area contributed by atoms with E-state index in [2.05, 4.69) is 0 Å². The molecule has 1 aliphatic heterocycles. The van der Waals surface area contributed by atoms with E-state index in [0.717, 1.165) is 17.3 Å². The Labute approximate surface area is 204 Å². The van der Waals surface area contributed by atoms with Crippen LogP contribution in [0.1, 0.15) is 54.7 Å². The number of piperazine rings is 1. The zero-order valence-corrected chi connectivity index (χ0v) is 20.6. The highest BCUT2D eigenvalue weighted by Crippen LogP contribution is 2.35. The van der Waals surface area contributed by atoms with Crippen molar-refractivity contribution in [1.29, 1.82) is 0 Å². The minimum Gasteiger partial charge on any atom is -0.478 e. The molecule has 1 fully saturated rings. The van der Waals surface area contributed by atoms with E-state index < -0.39 is 23.8 Å². The van der Waals surface area contributed by atoms with Gasteiger partial charge in [0.1, 0.15) is 6.04 Å². The van der Waals surface area contributed by atoms with Crippen LogP contribution in [0.3, 0.4) is 0 Å². The highest BCUT2D eigenvalue weighted by molar-refractivity contribution is 5.88. The third-order valence-corrected chi connectivity index (χ3v) is 5.78. The van der Waals surface area contributed by atoms with Gasteiger partial charge in [0.2, 0.25) is 5.91 Å². The maximum Gasteiger partial charge on any atom is 0.416 e.